The molecule has 1 aliphatic rings. The second-order valence-electron chi connectivity index (χ2n) is 8.84. The lowest BCUT2D eigenvalue weighted by atomic mass is 10.1. The number of methoxy groups -OCH3 is 1. The fraction of sp³-hybridized carbons (Fsp3) is 0.290. The molecule has 0 unspecified atom stereocenters. The summed E-state index contributed by atoms with van der Waals surface area (Å²) in [7, 11) is 1.64. The van der Waals surface area contributed by atoms with E-state index in [-0.39, 0.29) is 5.91 Å². The van der Waals surface area contributed by atoms with E-state index < -0.39 is 0 Å². The number of rotatable bonds is 12. The standard InChI is InChI=1S/C31H34N2O3S/c1-3-4-5-6-7-14-21-36-27-20-19-24(22-28(27)35-2)23-29-30(34)33(26-17-12-9-13-18-26)31(37-29)32-25-15-10-8-11-16-25/h8-13,15-20,22-23H,3-7,14,21H2,1-2H3/b29-23+,32-31?. The van der Waals surface area contributed by atoms with Gasteiger partial charge in [0.15, 0.2) is 16.7 Å². The molecule has 4 rings (SSSR count). The van der Waals surface area contributed by atoms with Gasteiger partial charge >= 0.3 is 0 Å². The monoisotopic (exact) mass is 514 g/mol. The van der Waals surface area contributed by atoms with Gasteiger partial charge in [-0.05, 0) is 66.2 Å². The van der Waals surface area contributed by atoms with Crippen molar-refractivity contribution in [3.63, 3.8) is 0 Å². The van der Waals surface area contributed by atoms with Crippen LogP contribution < -0.4 is 14.4 Å². The predicted octanol–water partition coefficient (Wildman–Crippen LogP) is 8.24. The molecule has 0 aromatic heterocycles. The van der Waals surface area contributed by atoms with Crippen LogP contribution in [0.1, 0.15) is 51.0 Å². The molecule has 0 atom stereocenters. The molecular weight excluding hydrogens is 480 g/mol. The molecule has 0 aliphatic carbocycles. The number of unbranched alkanes of at least 4 members (excludes halogenated alkanes) is 5. The number of para-hydroxylation sites is 2. The van der Waals surface area contributed by atoms with Gasteiger partial charge in [0.1, 0.15) is 0 Å². The first-order chi connectivity index (χ1) is 18.2. The summed E-state index contributed by atoms with van der Waals surface area (Å²) in [6, 6.07) is 25.1. The summed E-state index contributed by atoms with van der Waals surface area (Å²) in [6.45, 7) is 2.90. The van der Waals surface area contributed by atoms with E-state index in [1.54, 1.807) is 12.0 Å². The molecule has 0 spiro atoms. The predicted molar refractivity (Wildman–Crippen MR) is 155 cm³/mol. The topological polar surface area (TPSA) is 51.1 Å². The van der Waals surface area contributed by atoms with Gasteiger partial charge in [-0.1, -0.05) is 81.5 Å². The zero-order chi connectivity index (χ0) is 25.9. The van der Waals surface area contributed by atoms with Gasteiger partial charge in [-0.15, -0.1) is 0 Å². The van der Waals surface area contributed by atoms with Crippen molar-refractivity contribution < 1.29 is 14.3 Å². The van der Waals surface area contributed by atoms with Crippen LogP contribution >= 0.6 is 11.8 Å². The zero-order valence-corrected chi connectivity index (χ0v) is 22.4. The molecule has 6 heteroatoms. The minimum Gasteiger partial charge on any atom is -0.493 e. The highest BCUT2D eigenvalue weighted by atomic mass is 32.2. The molecule has 0 saturated carbocycles. The summed E-state index contributed by atoms with van der Waals surface area (Å²) in [5.41, 5.74) is 2.45. The molecule has 3 aromatic rings. The van der Waals surface area contributed by atoms with Crippen LogP contribution in [0.25, 0.3) is 6.08 Å². The quantitative estimate of drug-likeness (QED) is 0.180. The number of carbonyl (C=O) groups excluding carboxylic acids is 1. The normalized spacial score (nSPS) is 15.5. The number of benzene rings is 3. The van der Waals surface area contributed by atoms with Gasteiger partial charge in [-0.25, -0.2) is 4.99 Å². The Morgan fingerprint density at radius 1 is 0.865 bits per heavy atom. The van der Waals surface area contributed by atoms with Gasteiger partial charge in [0, 0.05) is 0 Å². The summed E-state index contributed by atoms with van der Waals surface area (Å²) in [4.78, 5) is 20.5. The molecule has 1 fully saturated rings. The summed E-state index contributed by atoms with van der Waals surface area (Å²) in [6.07, 6.45) is 9.19. The SMILES string of the molecule is CCCCCCCCOc1ccc(/C=C2/SC(=Nc3ccccc3)N(c3ccccc3)C2=O)cc1OC. The van der Waals surface area contributed by atoms with Crippen LogP contribution in [0, 0.1) is 0 Å². The number of hydrogen-bond acceptors (Lipinski definition) is 5. The van der Waals surface area contributed by atoms with E-state index in [4.69, 9.17) is 14.5 Å². The van der Waals surface area contributed by atoms with E-state index in [0.717, 1.165) is 29.1 Å². The number of aliphatic imine (C=N–C) groups is 1. The van der Waals surface area contributed by atoms with Crippen molar-refractivity contribution in [1.29, 1.82) is 0 Å². The summed E-state index contributed by atoms with van der Waals surface area (Å²) >= 11 is 1.37. The van der Waals surface area contributed by atoms with Gasteiger partial charge in [0.2, 0.25) is 0 Å². The van der Waals surface area contributed by atoms with E-state index in [0.29, 0.717) is 22.4 Å². The lowest BCUT2D eigenvalue weighted by Crippen LogP contribution is -2.28. The molecule has 5 nitrogen and oxygen atoms in total. The van der Waals surface area contributed by atoms with Crippen molar-refractivity contribution >= 4 is 40.3 Å². The first-order valence-corrected chi connectivity index (χ1v) is 13.7. The highest BCUT2D eigenvalue weighted by Gasteiger charge is 2.34. The minimum atomic E-state index is -0.103. The Morgan fingerprint density at radius 3 is 2.30 bits per heavy atom. The molecule has 0 bridgehead atoms. The number of thioether (sulfide) groups is 1. The Hall–Kier alpha value is -3.51. The Labute approximate surface area is 224 Å². The maximum atomic E-state index is 13.5. The lowest BCUT2D eigenvalue weighted by Gasteiger charge is -2.15. The first kappa shape index (κ1) is 26.6. The van der Waals surface area contributed by atoms with Crippen LogP contribution in [0.15, 0.2) is 88.8 Å². The van der Waals surface area contributed by atoms with Gasteiger partial charge in [-0.2, -0.15) is 0 Å². The van der Waals surface area contributed by atoms with Crippen LogP contribution in [0.3, 0.4) is 0 Å². The fourth-order valence-electron chi connectivity index (χ4n) is 4.08. The summed E-state index contributed by atoms with van der Waals surface area (Å²) in [5.74, 6) is 1.28. The summed E-state index contributed by atoms with van der Waals surface area (Å²) < 4.78 is 11.6. The maximum Gasteiger partial charge on any atom is 0.271 e. The van der Waals surface area contributed by atoms with Crippen molar-refractivity contribution in [3.8, 4) is 11.5 Å². The number of carbonyl (C=O) groups is 1. The van der Waals surface area contributed by atoms with Crippen molar-refractivity contribution in [1.82, 2.24) is 0 Å². The van der Waals surface area contributed by atoms with Crippen molar-refractivity contribution in [2.45, 2.75) is 45.4 Å². The Kier molecular flexibility index (Phi) is 9.83. The van der Waals surface area contributed by atoms with Crippen LogP contribution in [0.4, 0.5) is 11.4 Å². The van der Waals surface area contributed by atoms with Gasteiger partial charge < -0.3 is 9.47 Å². The molecule has 3 aromatic carbocycles. The van der Waals surface area contributed by atoms with E-state index in [1.807, 2.05) is 84.9 Å². The minimum absolute atomic E-state index is 0.103. The molecule has 1 saturated heterocycles. The average Bonchev–Trinajstić information content (AvgIpc) is 3.23. The molecule has 1 amide bonds. The summed E-state index contributed by atoms with van der Waals surface area (Å²) in [5, 5.41) is 0.625. The number of anilines is 1. The number of amidine groups is 1. The average molecular weight is 515 g/mol. The third-order valence-corrected chi connectivity index (χ3v) is 7.01. The number of amides is 1. The third kappa shape index (κ3) is 7.26. The second kappa shape index (κ2) is 13.7. The molecular formula is C31H34N2O3S. The van der Waals surface area contributed by atoms with Crippen molar-refractivity contribution in [2.75, 3.05) is 18.6 Å². The van der Waals surface area contributed by atoms with E-state index in [1.165, 1.54) is 43.9 Å². The number of ether oxygens (including phenoxy) is 2. The van der Waals surface area contributed by atoms with E-state index in [2.05, 4.69) is 6.92 Å². The highest BCUT2D eigenvalue weighted by molar-refractivity contribution is 8.19. The Morgan fingerprint density at radius 2 is 1.57 bits per heavy atom. The molecule has 192 valence electrons. The Balaban J connectivity index is 1.51. The first-order valence-electron chi connectivity index (χ1n) is 12.9. The van der Waals surface area contributed by atoms with Crippen molar-refractivity contribution in [2.24, 2.45) is 4.99 Å². The second-order valence-corrected chi connectivity index (χ2v) is 9.85. The zero-order valence-electron chi connectivity index (χ0n) is 21.6. The maximum absolute atomic E-state index is 13.5. The van der Waals surface area contributed by atoms with Crippen LogP contribution in [0.5, 0.6) is 11.5 Å². The fourth-order valence-corrected chi connectivity index (χ4v) is 5.08. The van der Waals surface area contributed by atoms with Gasteiger partial charge in [0.25, 0.3) is 5.91 Å². The third-order valence-electron chi connectivity index (χ3n) is 6.04. The van der Waals surface area contributed by atoms with Crippen molar-refractivity contribution in [3.05, 3.63) is 89.3 Å². The number of nitrogens with zero attached hydrogens (tertiary/aromatic N) is 2. The Bertz CT molecular complexity index is 1230. The van der Waals surface area contributed by atoms with Gasteiger partial charge in [0.05, 0.1) is 30.0 Å². The van der Waals surface area contributed by atoms with Gasteiger partial charge in [-0.3, -0.25) is 9.69 Å². The molecule has 1 heterocycles. The highest BCUT2D eigenvalue weighted by Crippen LogP contribution is 2.38. The molecule has 0 N–H and O–H groups in total. The molecule has 1 aliphatic heterocycles. The smallest absolute Gasteiger partial charge is 0.271 e. The van der Waals surface area contributed by atoms with Crippen LogP contribution in [-0.4, -0.2) is 24.8 Å². The largest absolute Gasteiger partial charge is 0.493 e. The van der Waals surface area contributed by atoms with Crippen LogP contribution in [0.2, 0.25) is 0 Å². The van der Waals surface area contributed by atoms with Crippen LogP contribution in [-0.2, 0) is 4.79 Å². The lowest BCUT2D eigenvalue weighted by molar-refractivity contribution is -0.113. The van der Waals surface area contributed by atoms with E-state index >= 15 is 0 Å². The number of hydrogen-bond donors (Lipinski definition) is 0. The molecule has 0 radical (unpaired) electrons. The molecule has 37 heavy (non-hydrogen) atoms. The van der Waals surface area contributed by atoms with E-state index in [9.17, 15) is 4.79 Å².